The minimum Gasteiger partial charge on any atom is -0.493 e. The van der Waals surface area contributed by atoms with Gasteiger partial charge in [0.15, 0.2) is 17.6 Å². The van der Waals surface area contributed by atoms with Gasteiger partial charge in [0.2, 0.25) is 5.89 Å². The van der Waals surface area contributed by atoms with Crippen molar-refractivity contribution in [3.63, 3.8) is 0 Å². The van der Waals surface area contributed by atoms with Gasteiger partial charge in [-0.25, -0.2) is 4.79 Å². The Morgan fingerprint density at radius 2 is 1.89 bits per heavy atom. The summed E-state index contributed by atoms with van der Waals surface area (Å²) >= 11 is 0. The van der Waals surface area contributed by atoms with Gasteiger partial charge in [-0.2, -0.15) is 0 Å². The number of hydrogen-bond donors (Lipinski definition) is 0. The van der Waals surface area contributed by atoms with Crippen molar-refractivity contribution in [2.45, 2.75) is 20.0 Å². The first-order valence-electron chi connectivity index (χ1n) is 8.53. The molecule has 1 aromatic heterocycles. The molecule has 0 saturated heterocycles. The highest BCUT2D eigenvalue weighted by atomic mass is 16.6. The zero-order valence-corrected chi connectivity index (χ0v) is 15.3. The summed E-state index contributed by atoms with van der Waals surface area (Å²) in [5, 5.41) is 7.98. The second-order valence-corrected chi connectivity index (χ2v) is 5.66. The summed E-state index contributed by atoms with van der Waals surface area (Å²) in [7, 11) is 1.54. The average Bonchev–Trinajstić information content (AvgIpc) is 3.19. The van der Waals surface area contributed by atoms with Gasteiger partial charge in [0.1, 0.15) is 0 Å². The van der Waals surface area contributed by atoms with Crippen LogP contribution in [0.4, 0.5) is 0 Å². The van der Waals surface area contributed by atoms with E-state index >= 15 is 0 Å². The van der Waals surface area contributed by atoms with Crippen molar-refractivity contribution in [2.24, 2.45) is 0 Å². The smallest absolute Gasteiger partial charge is 0.339 e. The van der Waals surface area contributed by atoms with Crippen LogP contribution in [0.15, 0.2) is 52.9 Å². The van der Waals surface area contributed by atoms with Crippen molar-refractivity contribution >= 4 is 5.97 Å². The van der Waals surface area contributed by atoms with E-state index in [0.717, 1.165) is 5.56 Å². The molecule has 27 heavy (non-hydrogen) atoms. The number of carbonyl (C=O) groups excluding carboxylic acids is 1. The van der Waals surface area contributed by atoms with Crippen LogP contribution in [0.1, 0.15) is 36.2 Å². The van der Waals surface area contributed by atoms with E-state index in [4.69, 9.17) is 18.6 Å². The quantitative estimate of drug-likeness (QED) is 0.581. The van der Waals surface area contributed by atoms with Gasteiger partial charge in [0, 0.05) is 5.56 Å². The molecule has 0 amide bonds. The van der Waals surface area contributed by atoms with Gasteiger partial charge in [-0.3, -0.25) is 0 Å². The summed E-state index contributed by atoms with van der Waals surface area (Å²) in [5.74, 6) is 1.10. The van der Waals surface area contributed by atoms with Gasteiger partial charge in [0.05, 0.1) is 19.3 Å². The Morgan fingerprint density at radius 1 is 1.11 bits per heavy atom. The molecule has 0 saturated carbocycles. The van der Waals surface area contributed by atoms with Crippen LogP contribution in [0.25, 0.3) is 11.5 Å². The average molecular weight is 368 g/mol. The molecule has 1 heterocycles. The summed E-state index contributed by atoms with van der Waals surface area (Å²) in [5.41, 5.74) is 1.14. The van der Waals surface area contributed by atoms with Crippen LogP contribution in [-0.2, 0) is 4.74 Å². The first-order chi connectivity index (χ1) is 13.1. The highest BCUT2D eigenvalue weighted by Crippen LogP contribution is 2.29. The molecule has 3 rings (SSSR count). The van der Waals surface area contributed by atoms with Crippen molar-refractivity contribution in [1.82, 2.24) is 10.2 Å². The van der Waals surface area contributed by atoms with E-state index in [0.29, 0.717) is 29.6 Å². The molecule has 0 bridgehead atoms. The fourth-order valence-electron chi connectivity index (χ4n) is 2.45. The number of carbonyl (C=O) groups is 1. The molecule has 0 N–H and O–H groups in total. The summed E-state index contributed by atoms with van der Waals surface area (Å²) < 4.78 is 21.8. The number of hydrogen-bond acceptors (Lipinski definition) is 7. The lowest BCUT2D eigenvalue weighted by molar-refractivity contribution is 0.0279. The Bertz CT molecular complexity index is 908. The topological polar surface area (TPSA) is 83.7 Å². The van der Waals surface area contributed by atoms with E-state index in [-0.39, 0.29) is 5.89 Å². The predicted octanol–water partition coefficient (Wildman–Crippen LogP) is 4.06. The number of ether oxygens (including phenoxy) is 3. The number of rotatable bonds is 7. The van der Waals surface area contributed by atoms with Crippen molar-refractivity contribution in [1.29, 1.82) is 0 Å². The third-order valence-electron chi connectivity index (χ3n) is 3.79. The minimum atomic E-state index is -0.694. The molecule has 0 fully saturated rings. The molecule has 7 nitrogen and oxygen atoms in total. The maximum absolute atomic E-state index is 12.5. The summed E-state index contributed by atoms with van der Waals surface area (Å²) in [6.07, 6.45) is -0.694. The summed E-state index contributed by atoms with van der Waals surface area (Å²) in [6, 6.07) is 14.2. The van der Waals surface area contributed by atoms with E-state index in [2.05, 4.69) is 10.2 Å². The van der Waals surface area contributed by atoms with Crippen LogP contribution < -0.4 is 9.47 Å². The van der Waals surface area contributed by atoms with Gasteiger partial charge in [-0.05, 0) is 44.2 Å². The zero-order valence-electron chi connectivity index (χ0n) is 15.3. The monoisotopic (exact) mass is 368 g/mol. The van der Waals surface area contributed by atoms with Gasteiger partial charge in [-0.1, -0.05) is 18.2 Å². The van der Waals surface area contributed by atoms with E-state index in [1.54, 1.807) is 25.1 Å². The Kier molecular flexibility index (Phi) is 5.71. The Balaban J connectivity index is 1.72. The first-order valence-corrected chi connectivity index (χ1v) is 8.53. The van der Waals surface area contributed by atoms with Crippen molar-refractivity contribution in [3.8, 4) is 23.0 Å². The molecule has 7 heteroatoms. The lowest BCUT2D eigenvalue weighted by Crippen LogP contribution is -2.10. The molecule has 1 unspecified atom stereocenters. The fraction of sp³-hybridized carbons (Fsp3) is 0.250. The third kappa shape index (κ3) is 4.25. The van der Waals surface area contributed by atoms with Crippen LogP contribution >= 0.6 is 0 Å². The maximum Gasteiger partial charge on any atom is 0.339 e. The molecule has 140 valence electrons. The molecule has 0 aliphatic heterocycles. The molecule has 2 aromatic carbocycles. The van der Waals surface area contributed by atoms with Crippen LogP contribution in [-0.4, -0.2) is 29.9 Å². The lowest BCUT2D eigenvalue weighted by atomic mass is 10.2. The van der Waals surface area contributed by atoms with E-state index in [1.165, 1.54) is 7.11 Å². The number of methoxy groups -OCH3 is 1. The van der Waals surface area contributed by atoms with Gasteiger partial charge >= 0.3 is 5.97 Å². The molecule has 0 radical (unpaired) electrons. The lowest BCUT2D eigenvalue weighted by Gasteiger charge is -2.12. The largest absolute Gasteiger partial charge is 0.493 e. The molecule has 0 aliphatic carbocycles. The van der Waals surface area contributed by atoms with E-state index < -0.39 is 12.1 Å². The molecular formula is C20H20N2O5. The second kappa shape index (κ2) is 8.35. The highest BCUT2D eigenvalue weighted by molar-refractivity contribution is 5.90. The van der Waals surface area contributed by atoms with Crippen molar-refractivity contribution < 1.29 is 23.4 Å². The first kappa shape index (κ1) is 18.4. The Labute approximate surface area is 156 Å². The highest BCUT2D eigenvalue weighted by Gasteiger charge is 2.21. The van der Waals surface area contributed by atoms with Crippen LogP contribution in [0, 0.1) is 0 Å². The molecule has 0 spiro atoms. The Morgan fingerprint density at radius 3 is 2.59 bits per heavy atom. The van der Waals surface area contributed by atoms with Gasteiger partial charge in [0.25, 0.3) is 5.89 Å². The number of benzene rings is 2. The maximum atomic E-state index is 12.5. The normalized spacial score (nSPS) is 11.7. The minimum absolute atomic E-state index is 0.223. The van der Waals surface area contributed by atoms with Gasteiger partial charge in [-0.15, -0.1) is 10.2 Å². The number of aromatic nitrogens is 2. The summed E-state index contributed by atoms with van der Waals surface area (Å²) in [6.45, 7) is 3.98. The Hall–Kier alpha value is -3.35. The second-order valence-electron chi connectivity index (χ2n) is 5.66. The number of esters is 1. The molecule has 1 atom stereocenters. The van der Waals surface area contributed by atoms with E-state index in [9.17, 15) is 4.79 Å². The number of nitrogens with zero attached hydrogens (tertiary/aromatic N) is 2. The van der Waals surface area contributed by atoms with Crippen LogP contribution in [0.5, 0.6) is 11.5 Å². The molecule has 0 aliphatic rings. The standard InChI is InChI=1S/C20H20N2O5/c1-4-25-17-12-15(10-11-16(17)24-3)20(23)26-13(2)18-21-22-19(27-18)14-8-6-5-7-9-14/h5-13H,4H2,1-3H3. The van der Waals surface area contributed by atoms with Crippen LogP contribution in [0.2, 0.25) is 0 Å². The van der Waals surface area contributed by atoms with Crippen LogP contribution in [0.3, 0.4) is 0 Å². The van der Waals surface area contributed by atoms with Crippen molar-refractivity contribution in [2.75, 3.05) is 13.7 Å². The van der Waals surface area contributed by atoms with Gasteiger partial charge < -0.3 is 18.6 Å². The molecule has 3 aromatic rings. The van der Waals surface area contributed by atoms with Crippen molar-refractivity contribution in [3.05, 3.63) is 60.0 Å². The zero-order chi connectivity index (χ0) is 19.2. The third-order valence-corrected chi connectivity index (χ3v) is 3.79. The predicted molar refractivity (Wildman–Crippen MR) is 97.7 cm³/mol. The fourth-order valence-corrected chi connectivity index (χ4v) is 2.45. The SMILES string of the molecule is CCOc1cc(C(=O)OC(C)c2nnc(-c3ccccc3)o2)ccc1OC. The van der Waals surface area contributed by atoms with E-state index in [1.807, 2.05) is 37.3 Å². The molecular weight excluding hydrogens is 348 g/mol. The summed E-state index contributed by atoms with van der Waals surface area (Å²) in [4.78, 5) is 12.5.